The Bertz CT molecular complexity index is 209. The van der Waals surface area contributed by atoms with Gasteiger partial charge >= 0.3 is 0 Å². The van der Waals surface area contributed by atoms with Crippen LogP contribution in [0.1, 0.15) is 53.4 Å². The monoisotopic (exact) mass is 223 g/mol. The smallest absolute Gasteiger partial charge is 0.00385 e. The number of hydrogen-bond donors (Lipinski definition) is 0. The molecule has 0 N–H and O–H groups in total. The minimum atomic E-state index is 0.663. The molecule has 94 valence electrons. The molecule has 0 saturated carbocycles. The van der Waals surface area contributed by atoms with Crippen molar-refractivity contribution in [2.45, 2.75) is 59.4 Å². The SMILES string of the molecule is C=C(CCC1CCN(C(C)C)CC1)C(C)C. The summed E-state index contributed by atoms with van der Waals surface area (Å²) in [5.41, 5.74) is 1.44. The molecule has 1 rings (SSSR count). The maximum Gasteiger partial charge on any atom is 0.00385 e. The normalized spacial score (nSPS) is 19.6. The van der Waals surface area contributed by atoms with Gasteiger partial charge in [0.05, 0.1) is 0 Å². The van der Waals surface area contributed by atoms with Crippen molar-refractivity contribution in [1.29, 1.82) is 0 Å². The molecule has 1 nitrogen and oxygen atoms in total. The van der Waals surface area contributed by atoms with Crippen molar-refractivity contribution in [2.24, 2.45) is 11.8 Å². The van der Waals surface area contributed by atoms with Crippen LogP contribution in [-0.2, 0) is 0 Å². The number of likely N-dealkylation sites (tertiary alicyclic amines) is 1. The molecular weight excluding hydrogens is 194 g/mol. The summed E-state index contributed by atoms with van der Waals surface area (Å²) in [6.07, 6.45) is 5.39. The van der Waals surface area contributed by atoms with Crippen LogP contribution in [0.5, 0.6) is 0 Å². The fourth-order valence-corrected chi connectivity index (χ4v) is 2.44. The standard InChI is InChI=1S/C15H29N/c1-12(2)14(5)6-7-15-8-10-16(11-9-15)13(3)4/h12-13,15H,5-11H2,1-4H3. The number of nitrogens with zero attached hydrogens (tertiary/aromatic N) is 1. The lowest BCUT2D eigenvalue weighted by Crippen LogP contribution is -2.38. The fourth-order valence-electron chi connectivity index (χ4n) is 2.44. The molecule has 1 heterocycles. The zero-order valence-electron chi connectivity index (χ0n) is 11.6. The summed E-state index contributed by atoms with van der Waals surface area (Å²) in [5.74, 6) is 1.61. The van der Waals surface area contributed by atoms with Crippen LogP contribution in [0.4, 0.5) is 0 Å². The summed E-state index contributed by atoms with van der Waals surface area (Å²) in [5, 5.41) is 0. The van der Waals surface area contributed by atoms with Crippen molar-refractivity contribution in [3.8, 4) is 0 Å². The Hall–Kier alpha value is -0.300. The number of rotatable bonds is 5. The highest BCUT2D eigenvalue weighted by atomic mass is 15.1. The van der Waals surface area contributed by atoms with E-state index in [-0.39, 0.29) is 0 Å². The average Bonchev–Trinajstić information content (AvgIpc) is 2.26. The number of piperidine rings is 1. The lowest BCUT2D eigenvalue weighted by Gasteiger charge is -2.34. The predicted molar refractivity (Wildman–Crippen MR) is 72.6 cm³/mol. The van der Waals surface area contributed by atoms with E-state index in [1.807, 2.05) is 0 Å². The Morgan fingerprint density at radius 2 is 1.75 bits per heavy atom. The van der Waals surface area contributed by atoms with E-state index >= 15 is 0 Å². The van der Waals surface area contributed by atoms with E-state index < -0.39 is 0 Å². The minimum absolute atomic E-state index is 0.663. The Morgan fingerprint density at radius 3 is 2.19 bits per heavy atom. The Labute approximate surface area is 102 Å². The summed E-state index contributed by atoms with van der Waals surface area (Å²) in [4.78, 5) is 2.60. The molecule has 0 bridgehead atoms. The van der Waals surface area contributed by atoms with E-state index in [1.54, 1.807) is 0 Å². The second kappa shape index (κ2) is 6.44. The van der Waals surface area contributed by atoms with E-state index in [0.29, 0.717) is 5.92 Å². The first-order valence-corrected chi connectivity index (χ1v) is 6.92. The molecule has 0 amide bonds. The molecule has 1 aliphatic heterocycles. The molecule has 0 radical (unpaired) electrons. The van der Waals surface area contributed by atoms with Crippen LogP contribution in [0.25, 0.3) is 0 Å². The van der Waals surface area contributed by atoms with E-state index in [9.17, 15) is 0 Å². The highest BCUT2D eigenvalue weighted by Gasteiger charge is 2.20. The molecule has 1 fully saturated rings. The first kappa shape index (κ1) is 13.8. The van der Waals surface area contributed by atoms with Gasteiger partial charge in [-0.05, 0) is 64.5 Å². The van der Waals surface area contributed by atoms with Gasteiger partial charge < -0.3 is 4.90 Å². The molecule has 1 aliphatic rings. The van der Waals surface area contributed by atoms with Crippen LogP contribution >= 0.6 is 0 Å². The van der Waals surface area contributed by atoms with E-state index in [2.05, 4.69) is 39.2 Å². The van der Waals surface area contributed by atoms with Gasteiger partial charge in [-0.1, -0.05) is 26.0 Å². The van der Waals surface area contributed by atoms with E-state index in [4.69, 9.17) is 0 Å². The minimum Gasteiger partial charge on any atom is -0.301 e. The first-order chi connectivity index (χ1) is 7.50. The van der Waals surface area contributed by atoms with Crippen molar-refractivity contribution in [3.63, 3.8) is 0 Å². The molecule has 0 atom stereocenters. The molecule has 16 heavy (non-hydrogen) atoms. The van der Waals surface area contributed by atoms with Gasteiger partial charge in [0.1, 0.15) is 0 Å². The second-order valence-corrected chi connectivity index (χ2v) is 5.92. The van der Waals surface area contributed by atoms with E-state index in [1.165, 1.54) is 44.3 Å². The third-order valence-electron chi connectivity index (χ3n) is 4.07. The van der Waals surface area contributed by atoms with Crippen LogP contribution in [0.15, 0.2) is 12.2 Å². The van der Waals surface area contributed by atoms with Gasteiger partial charge in [0.25, 0.3) is 0 Å². The topological polar surface area (TPSA) is 3.24 Å². The predicted octanol–water partition coefficient (Wildman–Crippen LogP) is 4.10. The summed E-state index contributed by atoms with van der Waals surface area (Å²) in [6.45, 7) is 15.9. The molecular formula is C15H29N. The summed E-state index contributed by atoms with van der Waals surface area (Å²) in [7, 11) is 0. The second-order valence-electron chi connectivity index (χ2n) is 5.92. The van der Waals surface area contributed by atoms with Crippen molar-refractivity contribution in [2.75, 3.05) is 13.1 Å². The van der Waals surface area contributed by atoms with Crippen molar-refractivity contribution in [3.05, 3.63) is 12.2 Å². The van der Waals surface area contributed by atoms with Gasteiger partial charge in [0.15, 0.2) is 0 Å². The fraction of sp³-hybridized carbons (Fsp3) is 0.867. The molecule has 0 spiro atoms. The van der Waals surface area contributed by atoms with Crippen molar-refractivity contribution >= 4 is 0 Å². The largest absolute Gasteiger partial charge is 0.301 e. The zero-order valence-corrected chi connectivity index (χ0v) is 11.6. The van der Waals surface area contributed by atoms with Crippen LogP contribution in [-0.4, -0.2) is 24.0 Å². The molecule has 0 unspecified atom stereocenters. The molecule has 0 aliphatic carbocycles. The summed E-state index contributed by atoms with van der Waals surface area (Å²) in [6, 6.07) is 0.728. The van der Waals surface area contributed by atoms with Gasteiger partial charge in [0.2, 0.25) is 0 Å². The summed E-state index contributed by atoms with van der Waals surface area (Å²) >= 11 is 0. The van der Waals surface area contributed by atoms with Crippen LogP contribution in [0, 0.1) is 11.8 Å². The van der Waals surface area contributed by atoms with Gasteiger partial charge in [-0.2, -0.15) is 0 Å². The molecule has 1 saturated heterocycles. The Kier molecular flexibility index (Phi) is 5.54. The summed E-state index contributed by atoms with van der Waals surface area (Å²) < 4.78 is 0. The maximum atomic E-state index is 4.17. The third-order valence-corrected chi connectivity index (χ3v) is 4.07. The molecule has 0 aromatic carbocycles. The van der Waals surface area contributed by atoms with Crippen LogP contribution in [0.3, 0.4) is 0 Å². The lowest BCUT2D eigenvalue weighted by molar-refractivity contribution is 0.145. The first-order valence-electron chi connectivity index (χ1n) is 6.92. The molecule has 0 aromatic rings. The molecule has 0 aromatic heterocycles. The maximum absolute atomic E-state index is 4.17. The van der Waals surface area contributed by atoms with Gasteiger partial charge in [-0.15, -0.1) is 0 Å². The van der Waals surface area contributed by atoms with Gasteiger partial charge in [-0.3, -0.25) is 0 Å². The highest BCUT2D eigenvalue weighted by Crippen LogP contribution is 2.26. The number of allylic oxidation sites excluding steroid dienone is 1. The van der Waals surface area contributed by atoms with Gasteiger partial charge in [-0.25, -0.2) is 0 Å². The Balaban J connectivity index is 2.20. The van der Waals surface area contributed by atoms with Crippen LogP contribution < -0.4 is 0 Å². The Morgan fingerprint density at radius 1 is 1.19 bits per heavy atom. The van der Waals surface area contributed by atoms with E-state index in [0.717, 1.165) is 12.0 Å². The van der Waals surface area contributed by atoms with Crippen molar-refractivity contribution < 1.29 is 0 Å². The van der Waals surface area contributed by atoms with Gasteiger partial charge in [0, 0.05) is 6.04 Å². The molecule has 1 heteroatoms. The quantitative estimate of drug-likeness (QED) is 0.634. The lowest BCUT2D eigenvalue weighted by atomic mass is 9.88. The van der Waals surface area contributed by atoms with Crippen molar-refractivity contribution in [1.82, 2.24) is 4.90 Å². The van der Waals surface area contributed by atoms with Crippen LogP contribution in [0.2, 0.25) is 0 Å². The third kappa shape index (κ3) is 4.29. The average molecular weight is 223 g/mol. The highest BCUT2D eigenvalue weighted by molar-refractivity contribution is 4.97. The number of hydrogen-bond acceptors (Lipinski definition) is 1. The zero-order chi connectivity index (χ0) is 12.1.